The molecule has 0 fully saturated rings. The summed E-state index contributed by atoms with van der Waals surface area (Å²) in [5.74, 6) is 0.251. The Morgan fingerprint density at radius 3 is 2.63 bits per heavy atom. The Kier molecular flexibility index (Phi) is 5.39. The second-order valence-corrected chi connectivity index (χ2v) is 4.53. The normalized spacial score (nSPS) is 13.4. The van der Waals surface area contributed by atoms with E-state index in [2.05, 4.69) is 4.98 Å². The van der Waals surface area contributed by atoms with Gasteiger partial charge in [-0.05, 0) is 6.07 Å². The Labute approximate surface area is 114 Å². The smallest absolute Gasteiger partial charge is 0.383 e. The lowest BCUT2D eigenvalue weighted by molar-refractivity contribution is -0.137. The number of anilines is 1. The van der Waals surface area contributed by atoms with Crippen molar-refractivity contribution in [3.8, 4) is 0 Å². The molecule has 0 aliphatic rings. The average Bonchev–Trinajstić information content (AvgIpc) is 2.27. The molecule has 0 amide bonds. The fourth-order valence-electron chi connectivity index (χ4n) is 1.57. The number of hydrogen-bond donors (Lipinski definition) is 1. The first-order valence-corrected chi connectivity index (χ1v) is 5.82. The first-order valence-electron chi connectivity index (χ1n) is 5.44. The highest BCUT2D eigenvalue weighted by Crippen LogP contribution is 2.33. The van der Waals surface area contributed by atoms with Crippen LogP contribution in [0.4, 0.5) is 19.0 Å². The summed E-state index contributed by atoms with van der Waals surface area (Å²) >= 11 is 5.81. The maximum absolute atomic E-state index is 12.5. The van der Waals surface area contributed by atoms with Gasteiger partial charge in [0.25, 0.3) is 0 Å². The van der Waals surface area contributed by atoms with Crippen LogP contribution in [0.5, 0.6) is 0 Å². The fraction of sp³-hybridized carbons (Fsp3) is 0.545. The van der Waals surface area contributed by atoms with Gasteiger partial charge in [-0.2, -0.15) is 13.2 Å². The van der Waals surface area contributed by atoms with Crippen LogP contribution in [0.25, 0.3) is 0 Å². The van der Waals surface area contributed by atoms with Crippen molar-refractivity contribution in [1.82, 2.24) is 4.98 Å². The summed E-state index contributed by atoms with van der Waals surface area (Å²) in [6, 6.07) is 0.567. The molecule has 19 heavy (non-hydrogen) atoms. The third-order valence-electron chi connectivity index (χ3n) is 2.40. The molecule has 1 heterocycles. The molecular weight excluding hydrogens is 283 g/mol. The van der Waals surface area contributed by atoms with Crippen LogP contribution < -0.4 is 10.6 Å². The predicted molar refractivity (Wildman–Crippen MR) is 67.4 cm³/mol. The topological polar surface area (TPSA) is 51.4 Å². The van der Waals surface area contributed by atoms with Gasteiger partial charge in [0.2, 0.25) is 0 Å². The molecule has 0 spiro atoms. The molecule has 108 valence electrons. The quantitative estimate of drug-likeness (QED) is 0.905. The molecule has 1 aromatic rings. The summed E-state index contributed by atoms with van der Waals surface area (Å²) in [5.41, 5.74) is 4.88. The maximum Gasteiger partial charge on any atom is 0.417 e. The van der Waals surface area contributed by atoms with E-state index in [0.717, 1.165) is 12.3 Å². The molecule has 2 N–H and O–H groups in total. The minimum atomic E-state index is -4.46. The molecule has 0 aromatic carbocycles. The third kappa shape index (κ3) is 4.52. The lowest BCUT2D eigenvalue weighted by Gasteiger charge is -2.23. The van der Waals surface area contributed by atoms with Crippen LogP contribution in [0.15, 0.2) is 12.3 Å². The molecule has 8 heteroatoms. The van der Waals surface area contributed by atoms with Crippen LogP contribution in [0.1, 0.15) is 5.56 Å². The monoisotopic (exact) mass is 297 g/mol. The zero-order valence-electron chi connectivity index (χ0n) is 10.5. The zero-order chi connectivity index (χ0) is 14.6. The van der Waals surface area contributed by atoms with Gasteiger partial charge in [-0.15, -0.1) is 0 Å². The molecule has 1 aromatic heterocycles. The Hall–Kier alpha value is -1.05. The number of ether oxygens (including phenoxy) is 1. The van der Waals surface area contributed by atoms with Crippen LogP contribution in [-0.2, 0) is 10.9 Å². The number of nitrogens with two attached hydrogens (primary N) is 1. The maximum atomic E-state index is 12.5. The molecule has 0 aliphatic carbocycles. The summed E-state index contributed by atoms with van der Waals surface area (Å²) in [6.45, 7) is 0.703. The summed E-state index contributed by atoms with van der Waals surface area (Å²) in [5, 5.41) is -0.0676. The third-order valence-corrected chi connectivity index (χ3v) is 2.68. The second kappa shape index (κ2) is 6.40. The van der Waals surface area contributed by atoms with Gasteiger partial charge in [-0.1, -0.05) is 11.6 Å². The Morgan fingerprint density at radius 2 is 2.16 bits per heavy atom. The van der Waals surface area contributed by atoms with Crippen LogP contribution >= 0.6 is 11.6 Å². The van der Waals surface area contributed by atoms with Crippen molar-refractivity contribution in [2.75, 3.05) is 32.2 Å². The van der Waals surface area contributed by atoms with Crippen molar-refractivity contribution >= 4 is 17.4 Å². The summed E-state index contributed by atoms with van der Waals surface area (Å²) < 4.78 is 42.3. The van der Waals surface area contributed by atoms with Crippen LogP contribution in [-0.4, -0.2) is 38.3 Å². The Balaban J connectivity index is 2.84. The van der Waals surface area contributed by atoms with E-state index in [9.17, 15) is 13.2 Å². The fourth-order valence-corrected chi connectivity index (χ4v) is 1.88. The molecule has 1 rings (SSSR count). The Morgan fingerprint density at radius 1 is 1.53 bits per heavy atom. The van der Waals surface area contributed by atoms with Crippen molar-refractivity contribution in [3.05, 3.63) is 22.8 Å². The molecule has 0 bridgehead atoms. The first-order chi connectivity index (χ1) is 8.75. The minimum Gasteiger partial charge on any atom is -0.383 e. The van der Waals surface area contributed by atoms with E-state index in [-0.39, 0.29) is 16.9 Å². The van der Waals surface area contributed by atoms with Gasteiger partial charge >= 0.3 is 6.18 Å². The van der Waals surface area contributed by atoms with E-state index >= 15 is 0 Å². The number of hydrogen-bond acceptors (Lipinski definition) is 4. The number of rotatable bonds is 5. The summed E-state index contributed by atoms with van der Waals surface area (Å²) in [4.78, 5) is 5.32. The number of alkyl halides is 3. The lowest BCUT2D eigenvalue weighted by Crippen LogP contribution is -2.38. The minimum absolute atomic E-state index is 0.0676. The number of aromatic nitrogens is 1. The van der Waals surface area contributed by atoms with E-state index in [1.807, 2.05) is 0 Å². The highest BCUT2D eigenvalue weighted by molar-refractivity contribution is 6.33. The van der Waals surface area contributed by atoms with E-state index in [0.29, 0.717) is 13.2 Å². The molecular formula is C11H15ClF3N3O. The molecule has 1 unspecified atom stereocenters. The Bertz CT molecular complexity index is 428. The first kappa shape index (κ1) is 16.0. The molecule has 1 atom stereocenters. The lowest BCUT2D eigenvalue weighted by atomic mass is 10.2. The summed E-state index contributed by atoms with van der Waals surface area (Å²) in [6.07, 6.45) is -3.71. The van der Waals surface area contributed by atoms with Crippen molar-refractivity contribution in [2.24, 2.45) is 5.73 Å². The number of methoxy groups -OCH3 is 1. The molecule has 4 nitrogen and oxygen atoms in total. The summed E-state index contributed by atoms with van der Waals surface area (Å²) in [7, 11) is 3.17. The number of nitrogens with zero attached hydrogens (tertiary/aromatic N) is 2. The molecule has 0 aliphatic heterocycles. The van der Waals surface area contributed by atoms with Gasteiger partial charge in [0, 0.05) is 32.9 Å². The standard InChI is InChI=1S/C11H15ClF3N3O/c1-18(5-8(16)6-19-2)10-9(12)3-7(4-17-10)11(13,14)15/h3-4,8H,5-6,16H2,1-2H3. The number of halogens is 4. The SMILES string of the molecule is COCC(N)CN(C)c1ncc(C(F)(F)F)cc1Cl. The molecule has 0 saturated heterocycles. The van der Waals surface area contributed by atoms with E-state index in [1.54, 1.807) is 11.9 Å². The van der Waals surface area contributed by atoms with Gasteiger partial charge in [0.15, 0.2) is 0 Å². The highest BCUT2D eigenvalue weighted by Gasteiger charge is 2.31. The van der Waals surface area contributed by atoms with Gasteiger partial charge in [-0.3, -0.25) is 0 Å². The van der Waals surface area contributed by atoms with Crippen LogP contribution in [0.3, 0.4) is 0 Å². The average molecular weight is 298 g/mol. The van der Waals surface area contributed by atoms with Gasteiger partial charge in [0.1, 0.15) is 5.82 Å². The predicted octanol–water partition coefficient (Wildman–Crippen LogP) is 2.16. The molecule has 0 radical (unpaired) electrons. The van der Waals surface area contributed by atoms with Gasteiger partial charge in [0.05, 0.1) is 17.2 Å². The van der Waals surface area contributed by atoms with Gasteiger partial charge < -0.3 is 15.4 Å². The number of pyridine rings is 1. The van der Waals surface area contributed by atoms with E-state index in [4.69, 9.17) is 22.1 Å². The van der Waals surface area contributed by atoms with Crippen molar-refractivity contribution in [3.63, 3.8) is 0 Å². The van der Waals surface area contributed by atoms with Crippen molar-refractivity contribution in [2.45, 2.75) is 12.2 Å². The number of likely N-dealkylation sites (N-methyl/N-ethyl adjacent to an activating group) is 1. The van der Waals surface area contributed by atoms with Crippen molar-refractivity contribution < 1.29 is 17.9 Å². The zero-order valence-corrected chi connectivity index (χ0v) is 11.3. The molecule has 0 saturated carbocycles. The van der Waals surface area contributed by atoms with Crippen LogP contribution in [0.2, 0.25) is 5.02 Å². The largest absolute Gasteiger partial charge is 0.417 e. The van der Waals surface area contributed by atoms with E-state index in [1.165, 1.54) is 7.11 Å². The van der Waals surface area contributed by atoms with Crippen LogP contribution in [0, 0.1) is 0 Å². The second-order valence-electron chi connectivity index (χ2n) is 4.12. The highest BCUT2D eigenvalue weighted by atomic mass is 35.5. The van der Waals surface area contributed by atoms with Crippen molar-refractivity contribution in [1.29, 1.82) is 0 Å². The van der Waals surface area contributed by atoms with Gasteiger partial charge in [-0.25, -0.2) is 4.98 Å². The van der Waals surface area contributed by atoms with E-state index < -0.39 is 11.7 Å².